The third kappa shape index (κ3) is 3.05. The van der Waals surface area contributed by atoms with E-state index in [1.165, 1.54) is 11.3 Å². The van der Waals surface area contributed by atoms with Gasteiger partial charge in [0.25, 0.3) is 5.91 Å². The number of nitrogens with zero attached hydrogens (tertiary/aromatic N) is 5. The molecule has 2 atom stereocenters. The number of nitrogens with one attached hydrogen (secondary N) is 1. The van der Waals surface area contributed by atoms with Gasteiger partial charge in [0, 0.05) is 5.56 Å². The molecule has 0 saturated heterocycles. The zero-order valence-electron chi connectivity index (χ0n) is 13.1. The number of hydrogen-bond acceptors (Lipinski definition) is 6. The third-order valence-electron chi connectivity index (χ3n) is 4.04. The summed E-state index contributed by atoms with van der Waals surface area (Å²) in [7, 11) is 0. The van der Waals surface area contributed by atoms with E-state index in [9.17, 15) is 4.79 Å². The van der Waals surface area contributed by atoms with E-state index in [1.54, 1.807) is 10.9 Å². The molecule has 1 aliphatic rings. The Hall–Kier alpha value is -2.61. The third-order valence-corrected chi connectivity index (χ3v) is 5.01. The monoisotopic (exact) mass is 340 g/mol. The lowest BCUT2D eigenvalue weighted by molar-refractivity contribution is 0.0945. The van der Waals surface area contributed by atoms with Gasteiger partial charge in [-0.15, -0.1) is 15.3 Å². The van der Waals surface area contributed by atoms with Crippen molar-refractivity contribution in [3.05, 3.63) is 47.2 Å². The van der Waals surface area contributed by atoms with Crippen LogP contribution in [0, 0.1) is 5.92 Å². The van der Waals surface area contributed by atoms with Crippen molar-refractivity contribution in [3.63, 3.8) is 0 Å². The lowest BCUT2D eigenvalue weighted by Crippen LogP contribution is -2.23. The molecule has 8 heteroatoms. The minimum atomic E-state index is -0.244. The summed E-state index contributed by atoms with van der Waals surface area (Å²) < 4.78 is 1.78. The molecule has 1 aromatic carbocycles. The van der Waals surface area contributed by atoms with Crippen molar-refractivity contribution >= 4 is 17.2 Å². The van der Waals surface area contributed by atoms with Gasteiger partial charge in [-0.1, -0.05) is 53.8 Å². The fourth-order valence-electron chi connectivity index (χ4n) is 2.48. The molecule has 1 N–H and O–H groups in total. The van der Waals surface area contributed by atoms with Gasteiger partial charge in [-0.2, -0.15) is 0 Å². The molecule has 0 radical (unpaired) electrons. The summed E-state index contributed by atoms with van der Waals surface area (Å²) in [6.45, 7) is 2.49. The predicted molar refractivity (Wildman–Crippen MR) is 89.4 cm³/mol. The van der Waals surface area contributed by atoms with E-state index in [-0.39, 0.29) is 5.91 Å². The maximum Gasteiger partial charge on any atom is 0.273 e. The van der Waals surface area contributed by atoms with Crippen molar-refractivity contribution in [2.45, 2.75) is 25.9 Å². The minimum absolute atomic E-state index is 0.244. The summed E-state index contributed by atoms with van der Waals surface area (Å²) in [6, 6.07) is 10.2. The Kier molecular flexibility index (Phi) is 3.81. The van der Waals surface area contributed by atoms with Crippen molar-refractivity contribution in [2.75, 3.05) is 0 Å². The Morgan fingerprint density at radius 1 is 1.29 bits per heavy atom. The van der Waals surface area contributed by atoms with Gasteiger partial charge in [-0.25, -0.2) is 4.68 Å². The molecule has 1 fully saturated rings. The molecule has 0 aliphatic heterocycles. The molecule has 24 heavy (non-hydrogen) atoms. The molecule has 1 amide bonds. The molecule has 0 bridgehead atoms. The van der Waals surface area contributed by atoms with Crippen LogP contribution in [-0.4, -0.2) is 31.1 Å². The first-order chi connectivity index (χ1) is 11.7. The maximum absolute atomic E-state index is 12.2. The predicted octanol–water partition coefficient (Wildman–Crippen LogP) is 2.31. The lowest BCUT2D eigenvalue weighted by atomic mass is 10.2. The van der Waals surface area contributed by atoms with Crippen molar-refractivity contribution in [3.8, 4) is 10.6 Å². The Morgan fingerprint density at radius 2 is 2.08 bits per heavy atom. The molecule has 2 aromatic heterocycles. The van der Waals surface area contributed by atoms with Crippen LogP contribution in [0.2, 0.25) is 0 Å². The zero-order chi connectivity index (χ0) is 16.5. The Morgan fingerprint density at radius 3 is 2.83 bits per heavy atom. The number of hydrogen-bond donors (Lipinski definition) is 1. The summed E-state index contributed by atoms with van der Waals surface area (Å²) in [5.74, 6) is 0.367. The molecular formula is C16H16N6OS. The Bertz CT molecular complexity index is 858. The highest BCUT2D eigenvalue weighted by Crippen LogP contribution is 2.41. The zero-order valence-corrected chi connectivity index (χ0v) is 13.9. The molecule has 1 saturated carbocycles. The van der Waals surface area contributed by atoms with Crippen molar-refractivity contribution in [1.29, 1.82) is 0 Å². The number of benzene rings is 1. The molecule has 7 nitrogen and oxygen atoms in total. The molecule has 1 aliphatic carbocycles. The average Bonchev–Trinajstić information content (AvgIpc) is 3.05. The van der Waals surface area contributed by atoms with Gasteiger partial charge in [0.05, 0.1) is 18.8 Å². The summed E-state index contributed by atoms with van der Waals surface area (Å²) >= 11 is 1.47. The highest BCUT2D eigenvalue weighted by Gasteiger charge is 2.35. The van der Waals surface area contributed by atoms with E-state index >= 15 is 0 Å². The van der Waals surface area contributed by atoms with Crippen LogP contribution >= 0.6 is 11.3 Å². The first kappa shape index (κ1) is 14.9. The molecule has 0 spiro atoms. The number of carbonyl (C=O) groups is 1. The SMILES string of the molecule is C[C@@H]1C[C@H]1n1cc(C(=O)NCc2nnc(-c3ccccc3)s2)nn1. The normalized spacial score (nSPS) is 19.2. The van der Waals surface area contributed by atoms with Crippen molar-refractivity contribution < 1.29 is 4.79 Å². The lowest BCUT2D eigenvalue weighted by Gasteiger charge is -1.98. The van der Waals surface area contributed by atoms with E-state index in [1.807, 2.05) is 30.3 Å². The summed E-state index contributed by atoms with van der Waals surface area (Å²) in [6.07, 6.45) is 2.80. The molecule has 0 unspecified atom stereocenters. The van der Waals surface area contributed by atoms with E-state index in [4.69, 9.17) is 0 Å². The molecular weight excluding hydrogens is 324 g/mol. The van der Waals surface area contributed by atoms with Crippen molar-refractivity contribution in [1.82, 2.24) is 30.5 Å². The van der Waals surface area contributed by atoms with Crippen LogP contribution in [0.25, 0.3) is 10.6 Å². The number of carbonyl (C=O) groups excluding carboxylic acids is 1. The number of rotatable bonds is 5. The second kappa shape index (κ2) is 6.12. The fourth-order valence-corrected chi connectivity index (χ4v) is 3.27. The first-order valence-corrected chi connectivity index (χ1v) is 8.60. The van der Waals surface area contributed by atoms with Gasteiger partial charge in [0.15, 0.2) is 5.69 Å². The first-order valence-electron chi connectivity index (χ1n) is 7.78. The topological polar surface area (TPSA) is 85.6 Å². The van der Waals surface area contributed by atoms with Crippen molar-refractivity contribution in [2.24, 2.45) is 5.92 Å². The smallest absolute Gasteiger partial charge is 0.273 e. The summed E-state index contributed by atoms with van der Waals surface area (Å²) in [5.41, 5.74) is 1.36. The maximum atomic E-state index is 12.2. The summed E-state index contributed by atoms with van der Waals surface area (Å²) in [5, 5.41) is 20.7. The largest absolute Gasteiger partial charge is 0.344 e. The van der Waals surface area contributed by atoms with Crippen LogP contribution in [0.1, 0.15) is 34.9 Å². The van der Waals surface area contributed by atoms with Crippen LogP contribution in [-0.2, 0) is 6.54 Å². The number of aromatic nitrogens is 5. The molecule has 3 aromatic rings. The van der Waals surface area contributed by atoms with Gasteiger partial charge in [0.1, 0.15) is 10.0 Å². The van der Waals surface area contributed by atoms with Gasteiger partial charge >= 0.3 is 0 Å². The van der Waals surface area contributed by atoms with E-state index in [2.05, 4.69) is 32.7 Å². The van der Waals surface area contributed by atoms with Crippen LogP contribution in [0.4, 0.5) is 0 Å². The standard InChI is InChI=1S/C16H16N6OS/c1-10-7-13(10)22-9-12(18-21-22)15(23)17-8-14-19-20-16(24-14)11-5-3-2-4-6-11/h2-6,9-10,13H,7-8H2,1H3,(H,17,23)/t10-,13-/m1/s1. The highest BCUT2D eigenvalue weighted by molar-refractivity contribution is 7.14. The van der Waals surface area contributed by atoms with E-state index < -0.39 is 0 Å². The fraction of sp³-hybridized carbons (Fsp3) is 0.312. The minimum Gasteiger partial charge on any atom is -0.344 e. The second-order valence-electron chi connectivity index (χ2n) is 5.91. The van der Waals surface area contributed by atoms with Crippen LogP contribution < -0.4 is 5.32 Å². The molecule has 2 heterocycles. The average molecular weight is 340 g/mol. The van der Waals surface area contributed by atoms with Crippen LogP contribution in [0.5, 0.6) is 0 Å². The van der Waals surface area contributed by atoms with E-state index in [0.717, 1.165) is 22.0 Å². The van der Waals surface area contributed by atoms with Gasteiger partial charge in [0.2, 0.25) is 0 Å². The Balaban J connectivity index is 1.37. The summed E-state index contributed by atoms with van der Waals surface area (Å²) in [4.78, 5) is 12.2. The van der Waals surface area contributed by atoms with Crippen LogP contribution in [0.15, 0.2) is 36.5 Å². The Labute approximate surface area is 142 Å². The van der Waals surface area contributed by atoms with Gasteiger partial charge in [-0.05, 0) is 12.3 Å². The van der Waals surface area contributed by atoms with Crippen LogP contribution in [0.3, 0.4) is 0 Å². The van der Waals surface area contributed by atoms with Gasteiger partial charge < -0.3 is 5.32 Å². The van der Waals surface area contributed by atoms with Gasteiger partial charge in [-0.3, -0.25) is 4.79 Å². The van der Waals surface area contributed by atoms with E-state index in [0.29, 0.717) is 24.2 Å². The second-order valence-corrected chi connectivity index (χ2v) is 6.98. The molecule has 122 valence electrons. The quantitative estimate of drug-likeness (QED) is 0.770. The number of amides is 1. The highest BCUT2D eigenvalue weighted by atomic mass is 32.1. The molecule has 4 rings (SSSR count).